The van der Waals surface area contributed by atoms with Crippen molar-refractivity contribution < 1.29 is 24.2 Å². The molecule has 2 atom stereocenters. The van der Waals surface area contributed by atoms with Crippen molar-refractivity contribution in [3.8, 4) is 11.1 Å². The Hall–Kier alpha value is -3.35. The second-order valence-electron chi connectivity index (χ2n) is 9.65. The number of carbonyl (C=O) groups is 3. The average Bonchev–Trinajstić information content (AvgIpc) is 3.13. The Balaban J connectivity index is 1.32. The highest BCUT2D eigenvalue weighted by Gasteiger charge is 2.32. The third-order valence-electron chi connectivity index (χ3n) is 7.40. The molecule has 2 aliphatic rings. The second kappa shape index (κ2) is 11.4. The molecule has 0 spiro atoms. The highest BCUT2D eigenvalue weighted by molar-refractivity contribution is 5.79. The highest BCUT2D eigenvalue weighted by atomic mass is 16.5. The first-order chi connectivity index (χ1) is 17.0. The number of carboxylic acid groups (broad SMARTS) is 1. The van der Waals surface area contributed by atoms with Crippen molar-refractivity contribution >= 4 is 18.0 Å². The number of alkyl carbamates (subject to hydrolysis) is 1. The predicted molar refractivity (Wildman–Crippen MR) is 133 cm³/mol. The third kappa shape index (κ3) is 6.02. The lowest BCUT2D eigenvalue weighted by Crippen LogP contribution is -2.46. The number of amides is 2. The van der Waals surface area contributed by atoms with Crippen molar-refractivity contribution in [3.05, 3.63) is 59.7 Å². The number of fused-ring (bicyclic) bond motifs is 3. The van der Waals surface area contributed by atoms with Crippen LogP contribution in [0, 0.1) is 11.8 Å². The van der Waals surface area contributed by atoms with E-state index in [9.17, 15) is 14.4 Å². The SMILES string of the molecule is CCC(CNC(=O)CC(NC(=O)OCC1c2ccccc2-c2ccccc21)C1CCC1)CC(=O)O. The summed E-state index contributed by atoms with van der Waals surface area (Å²) in [4.78, 5) is 36.3. The fraction of sp³-hybridized carbons (Fsp3) is 0.464. The fourth-order valence-electron chi connectivity index (χ4n) is 5.11. The lowest BCUT2D eigenvalue weighted by molar-refractivity contribution is -0.138. The van der Waals surface area contributed by atoms with Crippen molar-refractivity contribution in [2.45, 2.75) is 57.4 Å². The summed E-state index contributed by atoms with van der Waals surface area (Å²) in [5, 5.41) is 14.8. The molecule has 0 aliphatic heterocycles. The van der Waals surface area contributed by atoms with Gasteiger partial charge in [0, 0.05) is 31.3 Å². The summed E-state index contributed by atoms with van der Waals surface area (Å²) in [6, 6.07) is 16.1. The Bertz CT molecular complexity index is 1020. The van der Waals surface area contributed by atoms with Crippen LogP contribution in [0.15, 0.2) is 48.5 Å². The molecular weight excluding hydrogens is 444 g/mol. The molecule has 2 unspecified atom stereocenters. The van der Waals surface area contributed by atoms with E-state index >= 15 is 0 Å². The molecule has 186 valence electrons. The first-order valence-corrected chi connectivity index (χ1v) is 12.6. The number of hydrogen-bond acceptors (Lipinski definition) is 4. The summed E-state index contributed by atoms with van der Waals surface area (Å²) < 4.78 is 5.68. The number of carboxylic acids is 1. The van der Waals surface area contributed by atoms with Crippen LogP contribution >= 0.6 is 0 Å². The molecule has 7 nitrogen and oxygen atoms in total. The van der Waals surface area contributed by atoms with Crippen LogP contribution in [0.1, 0.15) is 62.5 Å². The van der Waals surface area contributed by atoms with Crippen LogP contribution in [0.4, 0.5) is 4.79 Å². The van der Waals surface area contributed by atoms with Gasteiger partial charge < -0.3 is 20.5 Å². The van der Waals surface area contributed by atoms with E-state index in [4.69, 9.17) is 9.84 Å². The van der Waals surface area contributed by atoms with Gasteiger partial charge in [0.15, 0.2) is 0 Å². The van der Waals surface area contributed by atoms with Crippen LogP contribution < -0.4 is 10.6 Å². The topological polar surface area (TPSA) is 105 Å². The van der Waals surface area contributed by atoms with Crippen LogP contribution in [0.2, 0.25) is 0 Å². The van der Waals surface area contributed by atoms with Crippen LogP contribution in [0.5, 0.6) is 0 Å². The van der Waals surface area contributed by atoms with Gasteiger partial charge in [0.1, 0.15) is 6.61 Å². The minimum absolute atomic E-state index is 0.0150. The van der Waals surface area contributed by atoms with Crippen molar-refractivity contribution in [1.29, 1.82) is 0 Å². The molecule has 2 amide bonds. The standard InChI is InChI=1S/C28H34N2O5/c1-2-18(14-27(32)33)16-29-26(31)15-25(19-8-7-9-19)30-28(34)35-17-24-22-12-5-3-10-20(22)21-11-4-6-13-23(21)24/h3-6,10-13,18-19,24-25H,2,7-9,14-17H2,1H3,(H,29,31)(H,30,34)(H,32,33). The van der Waals surface area contributed by atoms with E-state index in [1.54, 1.807) is 0 Å². The quantitative estimate of drug-likeness (QED) is 0.434. The van der Waals surface area contributed by atoms with Gasteiger partial charge in [-0.25, -0.2) is 4.79 Å². The molecule has 3 N–H and O–H groups in total. The van der Waals surface area contributed by atoms with Gasteiger partial charge in [0.2, 0.25) is 5.91 Å². The zero-order valence-corrected chi connectivity index (χ0v) is 20.2. The molecule has 0 aromatic heterocycles. The molecule has 0 heterocycles. The van der Waals surface area contributed by atoms with Gasteiger partial charge in [-0.15, -0.1) is 0 Å². The summed E-state index contributed by atoms with van der Waals surface area (Å²) in [6.45, 7) is 2.47. The number of nitrogens with one attached hydrogen (secondary N) is 2. The monoisotopic (exact) mass is 478 g/mol. The molecule has 4 rings (SSSR count). The van der Waals surface area contributed by atoms with Crippen LogP contribution in [-0.2, 0) is 14.3 Å². The summed E-state index contributed by atoms with van der Waals surface area (Å²) in [7, 11) is 0. The van der Waals surface area contributed by atoms with Gasteiger partial charge in [-0.1, -0.05) is 68.3 Å². The molecule has 2 aromatic carbocycles. The summed E-state index contributed by atoms with van der Waals surface area (Å²) in [6.07, 6.45) is 3.40. The van der Waals surface area contributed by atoms with E-state index in [0.29, 0.717) is 13.0 Å². The Kier molecular flexibility index (Phi) is 8.06. The second-order valence-corrected chi connectivity index (χ2v) is 9.65. The largest absolute Gasteiger partial charge is 0.481 e. The van der Waals surface area contributed by atoms with Crippen LogP contribution in [0.25, 0.3) is 11.1 Å². The summed E-state index contributed by atoms with van der Waals surface area (Å²) >= 11 is 0. The van der Waals surface area contributed by atoms with Crippen molar-refractivity contribution in [1.82, 2.24) is 10.6 Å². The lowest BCUT2D eigenvalue weighted by Gasteiger charge is -2.34. The van der Waals surface area contributed by atoms with Crippen molar-refractivity contribution in [2.75, 3.05) is 13.2 Å². The number of carbonyl (C=O) groups excluding carboxylic acids is 2. The third-order valence-corrected chi connectivity index (χ3v) is 7.40. The number of ether oxygens (including phenoxy) is 1. The fourth-order valence-corrected chi connectivity index (χ4v) is 5.11. The van der Waals surface area contributed by atoms with Crippen molar-refractivity contribution in [3.63, 3.8) is 0 Å². The molecule has 1 saturated carbocycles. The van der Waals surface area contributed by atoms with Gasteiger partial charge in [-0.3, -0.25) is 9.59 Å². The molecule has 7 heteroatoms. The van der Waals surface area contributed by atoms with Gasteiger partial charge in [-0.05, 0) is 46.9 Å². The van der Waals surface area contributed by atoms with Gasteiger partial charge in [0.05, 0.1) is 0 Å². The highest BCUT2D eigenvalue weighted by Crippen LogP contribution is 2.44. The van der Waals surface area contributed by atoms with Gasteiger partial charge >= 0.3 is 12.1 Å². The van der Waals surface area contributed by atoms with Crippen molar-refractivity contribution in [2.24, 2.45) is 11.8 Å². The maximum atomic E-state index is 12.8. The Labute approximate surface area is 206 Å². The molecule has 1 fully saturated rings. The first-order valence-electron chi connectivity index (χ1n) is 12.6. The Morgan fingerprint density at radius 2 is 1.63 bits per heavy atom. The predicted octanol–water partition coefficient (Wildman–Crippen LogP) is 4.70. The van der Waals surface area contributed by atoms with Crippen LogP contribution in [-0.4, -0.2) is 42.3 Å². The molecule has 0 radical (unpaired) electrons. The average molecular weight is 479 g/mol. The Morgan fingerprint density at radius 3 is 2.17 bits per heavy atom. The molecule has 0 bridgehead atoms. The molecular formula is C28H34N2O5. The minimum atomic E-state index is -0.865. The maximum Gasteiger partial charge on any atom is 0.407 e. The van der Waals surface area contributed by atoms with E-state index in [1.807, 2.05) is 31.2 Å². The zero-order valence-electron chi connectivity index (χ0n) is 20.2. The van der Waals surface area contributed by atoms with E-state index < -0.39 is 12.1 Å². The lowest BCUT2D eigenvalue weighted by atomic mass is 9.78. The number of hydrogen-bond donors (Lipinski definition) is 3. The summed E-state index contributed by atoms with van der Waals surface area (Å²) in [5.74, 6) is -0.908. The zero-order chi connectivity index (χ0) is 24.8. The van der Waals surface area contributed by atoms with E-state index in [0.717, 1.165) is 30.4 Å². The van der Waals surface area contributed by atoms with Gasteiger partial charge in [0.25, 0.3) is 0 Å². The number of aliphatic carboxylic acids is 1. The van der Waals surface area contributed by atoms with Gasteiger partial charge in [-0.2, -0.15) is 0 Å². The van der Waals surface area contributed by atoms with E-state index in [2.05, 4.69) is 34.9 Å². The molecule has 0 saturated heterocycles. The van der Waals surface area contributed by atoms with E-state index in [1.165, 1.54) is 11.1 Å². The maximum absolute atomic E-state index is 12.8. The smallest absolute Gasteiger partial charge is 0.407 e. The first kappa shape index (κ1) is 24.8. The van der Waals surface area contributed by atoms with Crippen LogP contribution in [0.3, 0.4) is 0 Å². The number of benzene rings is 2. The molecule has 2 aliphatic carbocycles. The normalized spacial score (nSPS) is 16.4. The number of rotatable bonds is 11. The molecule has 2 aromatic rings. The summed E-state index contributed by atoms with van der Waals surface area (Å²) in [5.41, 5.74) is 4.66. The minimum Gasteiger partial charge on any atom is -0.481 e. The van der Waals surface area contributed by atoms with E-state index in [-0.39, 0.29) is 49.2 Å². The Morgan fingerprint density at radius 1 is 1.00 bits per heavy atom. The molecule has 35 heavy (non-hydrogen) atoms.